The van der Waals surface area contributed by atoms with Gasteiger partial charge in [0.2, 0.25) is 5.91 Å². The monoisotopic (exact) mass is 241 g/mol. The van der Waals surface area contributed by atoms with E-state index in [2.05, 4.69) is 0 Å². The van der Waals surface area contributed by atoms with Crippen molar-refractivity contribution in [2.24, 2.45) is 5.92 Å². The van der Waals surface area contributed by atoms with Gasteiger partial charge in [-0.3, -0.25) is 9.59 Å². The SMILES string of the molecule is O=C(O)[C@H]1CC(=O)N(c2ccc(F)cc2F)C1. The van der Waals surface area contributed by atoms with Crippen LogP contribution in [0.5, 0.6) is 0 Å². The maximum Gasteiger partial charge on any atom is 0.308 e. The van der Waals surface area contributed by atoms with Crippen molar-refractivity contribution >= 4 is 17.6 Å². The predicted molar refractivity (Wildman–Crippen MR) is 54.5 cm³/mol. The molecule has 0 radical (unpaired) electrons. The molecule has 1 N–H and O–H groups in total. The zero-order chi connectivity index (χ0) is 12.6. The summed E-state index contributed by atoms with van der Waals surface area (Å²) in [6.07, 6.45) is -0.161. The number of anilines is 1. The van der Waals surface area contributed by atoms with Gasteiger partial charge < -0.3 is 10.0 Å². The van der Waals surface area contributed by atoms with Crippen molar-refractivity contribution in [1.29, 1.82) is 0 Å². The van der Waals surface area contributed by atoms with E-state index in [0.717, 1.165) is 17.0 Å². The Morgan fingerprint density at radius 2 is 2.12 bits per heavy atom. The highest BCUT2D eigenvalue weighted by Crippen LogP contribution is 2.27. The van der Waals surface area contributed by atoms with Gasteiger partial charge >= 0.3 is 5.97 Å². The molecule has 1 aliphatic heterocycles. The van der Waals surface area contributed by atoms with E-state index in [1.54, 1.807) is 0 Å². The first kappa shape index (κ1) is 11.5. The standard InChI is InChI=1S/C11H9F2NO3/c12-7-1-2-9(8(13)4-7)14-5-6(11(16)17)3-10(14)15/h1-2,4,6H,3,5H2,(H,16,17)/t6-/m0/s1. The molecule has 1 fully saturated rings. The summed E-state index contributed by atoms with van der Waals surface area (Å²) >= 11 is 0. The zero-order valence-electron chi connectivity index (χ0n) is 8.69. The molecule has 1 atom stereocenters. The highest BCUT2D eigenvalue weighted by atomic mass is 19.1. The van der Waals surface area contributed by atoms with Crippen LogP contribution < -0.4 is 4.90 Å². The van der Waals surface area contributed by atoms with Crippen LogP contribution in [0.3, 0.4) is 0 Å². The number of carbonyl (C=O) groups is 2. The predicted octanol–water partition coefficient (Wildman–Crippen LogP) is 1.40. The highest BCUT2D eigenvalue weighted by molar-refractivity contribution is 5.99. The average molecular weight is 241 g/mol. The first-order chi connectivity index (χ1) is 7.99. The number of halogens is 2. The van der Waals surface area contributed by atoms with E-state index in [1.807, 2.05) is 0 Å². The fourth-order valence-electron chi connectivity index (χ4n) is 1.81. The summed E-state index contributed by atoms with van der Waals surface area (Å²) in [6, 6.07) is 2.82. The summed E-state index contributed by atoms with van der Waals surface area (Å²) in [4.78, 5) is 23.3. The van der Waals surface area contributed by atoms with Crippen molar-refractivity contribution in [2.75, 3.05) is 11.4 Å². The molecule has 6 heteroatoms. The van der Waals surface area contributed by atoms with Gasteiger partial charge in [-0.2, -0.15) is 0 Å². The van der Waals surface area contributed by atoms with Crippen molar-refractivity contribution in [3.63, 3.8) is 0 Å². The molecule has 1 saturated heterocycles. The Kier molecular flexibility index (Phi) is 2.79. The van der Waals surface area contributed by atoms with Crippen molar-refractivity contribution < 1.29 is 23.5 Å². The van der Waals surface area contributed by atoms with Crippen molar-refractivity contribution in [3.8, 4) is 0 Å². The molecule has 4 nitrogen and oxygen atoms in total. The number of carboxylic acid groups (broad SMARTS) is 1. The molecule has 2 rings (SSSR count). The second kappa shape index (κ2) is 4.12. The Hall–Kier alpha value is -1.98. The van der Waals surface area contributed by atoms with E-state index in [0.29, 0.717) is 6.07 Å². The molecule has 1 aromatic carbocycles. The molecule has 1 aliphatic rings. The molecule has 1 heterocycles. The number of carboxylic acids is 1. The minimum atomic E-state index is -1.09. The Morgan fingerprint density at radius 1 is 1.41 bits per heavy atom. The van der Waals surface area contributed by atoms with Crippen molar-refractivity contribution in [1.82, 2.24) is 0 Å². The number of carbonyl (C=O) groups excluding carboxylic acids is 1. The molecule has 1 aromatic rings. The summed E-state index contributed by atoms with van der Waals surface area (Å²) in [5.41, 5.74) is -0.0832. The van der Waals surface area contributed by atoms with E-state index in [-0.39, 0.29) is 18.7 Å². The summed E-state index contributed by atoms with van der Waals surface area (Å²) < 4.78 is 26.1. The van der Waals surface area contributed by atoms with E-state index in [4.69, 9.17) is 5.11 Å². The largest absolute Gasteiger partial charge is 0.481 e. The second-order valence-corrected chi connectivity index (χ2v) is 3.84. The lowest BCUT2D eigenvalue weighted by Crippen LogP contribution is -2.26. The number of aliphatic carboxylic acids is 1. The summed E-state index contributed by atoms with van der Waals surface area (Å²) in [5.74, 6) is -4.02. The zero-order valence-corrected chi connectivity index (χ0v) is 8.69. The van der Waals surface area contributed by atoms with Crippen LogP contribution >= 0.6 is 0 Å². The Bertz CT molecular complexity index is 490. The normalized spacial score (nSPS) is 19.8. The minimum Gasteiger partial charge on any atom is -0.481 e. The highest BCUT2D eigenvalue weighted by Gasteiger charge is 2.36. The molecule has 0 spiro atoms. The molecule has 1 amide bonds. The van der Waals surface area contributed by atoms with E-state index < -0.39 is 29.4 Å². The lowest BCUT2D eigenvalue weighted by atomic mass is 10.1. The van der Waals surface area contributed by atoms with Crippen LogP contribution in [0.2, 0.25) is 0 Å². The minimum absolute atomic E-state index is 0.0832. The third-order valence-electron chi connectivity index (χ3n) is 2.67. The van der Waals surface area contributed by atoms with E-state index in [1.165, 1.54) is 0 Å². The van der Waals surface area contributed by atoms with Gasteiger partial charge in [0.15, 0.2) is 0 Å². The third-order valence-corrected chi connectivity index (χ3v) is 2.67. The topological polar surface area (TPSA) is 57.6 Å². The lowest BCUT2D eigenvalue weighted by Gasteiger charge is -2.16. The van der Waals surface area contributed by atoms with Crippen molar-refractivity contribution in [3.05, 3.63) is 29.8 Å². The van der Waals surface area contributed by atoms with Crippen molar-refractivity contribution in [2.45, 2.75) is 6.42 Å². The number of amides is 1. The van der Waals surface area contributed by atoms with Gasteiger partial charge in [-0.05, 0) is 12.1 Å². The van der Waals surface area contributed by atoms with Crippen LogP contribution in [0.25, 0.3) is 0 Å². The first-order valence-corrected chi connectivity index (χ1v) is 4.97. The molecule has 17 heavy (non-hydrogen) atoms. The molecule has 0 aromatic heterocycles. The Balaban J connectivity index is 2.29. The summed E-state index contributed by atoms with van der Waals surface area (Å²) in [6.45, 7) is -0.0866. The van der Waals surface area contributed by atoms with Crippen LogP contribution in [0, 0.1) is 17.6 Å². The van der Waals surface area contributed by atoms with Gasteiger partial charge in [0.05, 0.1) is 11.6 Å². The molecular formula is C11H9F2NO3. The van der Waals surface area contributed by atoms with Gasteiger partial charge in [-0.15, -0.1) is 0 Å². The molecule has 0 aliphatic carbocycles. The number of hydrogen-bond donors (Lipinski definition) is 1. The van der Waals surface area contributed by atoms with Gasteiger partial charge in [0.25, 0.3) is 0 Å². The number of nitrogens with zero attached hydrogens (tertiary/aromatic N) is 1. The van der Waals surface area contributed by atoms with Crippen LogP contribution in [0.4, 0.5) is 14.5 Å². The fraction of sp³-hybridized carbons (Fsp3) is 0.273. The first-order valence-electron chi connectivity index (χ1n) is 4.97. The molecular weight excluding hydrogens is 232 g/mol. The van der Waals surface area contributed by atoms with Crippen LogP contribution in [0.1, 0.15) is 6.42 Å². The van der Waals surface area contributed by atoms with Crippen LogP contribution in [-0.2, 0) is 9.59 Å². The number of benzene rings is 1. The Morgan fingerprint density at radius 3 is 2.65 bits per heavy atom. The van der Waals surface area contributed by atoms with Gasteiger partial charge in [-0.25, -0.2) is 8.78 Å². The Labute approximate surface area is 95.5 Å². The lowest BCUT2D eigenvalue weighted by molar-refractivity contribution is -0.141. The molecule has 90 valence electrons. The fourth-order valence-corrected chi connectivity index (χ4v) is 1.81. The van der Waals surface area contributed by atoms with Gasteiger partial charge in [0.1, 0.15) is 11.6 Å². The number of hydrogen-bond acceptors (Lipinski definition) is 2. The van der Waals surface area contributed by atoms with Crippen LogP contribution in [-0.4, -0.2) is 23.5 Å². The van der Waals surface area contributed by atoms with E-state index >= 15 is 0 Å². The van der Waals surface area contributed by atoms with Gasteiger partial charge in [0, 0.05) is 19.0 Å². The average Bonchev–Trinajstić information content (AvgIpc) is 2.61. The second-order valence-electron chi connectivity index (χ2n) is 3.84. The summed E-state index contributed by atoms with van der Waals surface area (Å²) in [5, 5.41) is 8.78. The smallest absolute Gasteiger partial charge is 0.308 e. The van der Waals surface area contributed by atoms with Gasteiger partial charge in [-0.1, -0.05) is 0 Å². The maximum absolute atomic E-state index is 13.4. The maximum atomic E-state index is 13.4. The molecule has 0 unspecified atom stereocenters. The van der Waals surface area contributed by atoms with Crippen LogP contribution in [0.15, 0.2) is 18.2 Å². The summed E-state index contributed by atoms with van der Waals surface area (Å²) in [7, 11) is 0. The number of rotatable bonds is 2. The third kappa shape index (κ3) is 2.11. The quantitative estimate of drug-likeness (QED) is 0.851. The molecule has 0 saturated carbocycles. The molecule has 0 bridgehead atoms. The van der Waals surface area contributed by atoms with E-state index in [9.17, 15) is 18.4 Å².